The highest BCUT2D eigenvalue weighted by Gasteiger charge is 2.34. The Morgan fingerprint density at radius 3 is 2.31 bits per heavy atom. The number of nitrogens with zero attached hydrogens (tertiary/aromatic N) is 3. The van der Waals surface area contributed by atoms with E-state index in [0.29, 0.717) is 11.6 Å². The topological polar surface area (TPSA) is 95.7 Å². The monoisotopic (exact) mass is 399 g/mol. The van der Waals surface area contributed by atoms with Gasteiger partial charge in [0.15, 0.2) is 5.82 Å². The summed E-state index contributed by atoms with van der Waals surface area (Å²) in [6.45, 7) is 5.89. The van der Waals surface area contributed by atoms with Crippen molar-refractivity contribution in [2.75, 3.05) is 4.90 Å². The van der Waals surface area contributed by atoms with E-state index in [1.54, 1.807) is 29.2 Å². The summed E-state index contributed by atoms with van der Waals surface area (Å²) < 4.78 is 1.48. The number of carboxylic acid groups (broad SMARTS) is 1. The van der Waals surface area contributed by atoms with E-state index < -0.39 is 5.97 Å². The highest BCUT2D eigenvalue weighted by atomic mass is 16.4. The molecule has 0 spiro atoms. The highest BCUT2D eigenvalue weighted by molar-refractivity contribution is 6.01. The van der Waals surface area contributed by atoms with Crippen LogP contribution in [0.2, 0.25) is 0 Å². The minimum Gasteiger partial charge on any atom is -0.477 e. The van der Waals surface area contributed by atoms with Gasteiger partial charge in [0.1, 0.15) is 5.56 Å². The lowest BCUT2D eigenvalue weighted by Crippen LogP contribution is -2.43. The summed E-state index contributed by atoms with van der Waals surface area (Å²) in [4.78, 5) is 26.8. The maximum Gasteiger partial charge on any atom is 0.341 e. The predicted octanol–water partition coefficient (Wildman–Crippen LogP) is 3.63. The Morgan fingerprint density at radius 2 is 1.79 bits per heavy atom. The summed E-state index contributed by atoms with van der Waals surface area (Å²) >= 11 is 0. The van der Waals surface area contributed by atoms with E-state index >= 15 is 0 Å². The molecule has 0 unspecified atom stereocenters. The molecule has 7 heteroatoms. The molecule has 29 heavy (non-hydrogen) atoms. The number of benzene rings is 1. The maximum absolute atomic E-state index is 13.3. The van der Waals surface area contributed by atoms with Gasteiger partial charge in [-0.25, -0.2) is 9.48 Å². The summed E-state index contributed by atoms with van der Waals surface area (Å²) in [5, 5.41) is 23.4. The van der Waals surface area contributed by atoms with Crippen molar-refractivity contribution >= 4 is 17.7 Å². The van der Waals surface area contributed by atoms with Crippen LogP contribution in [0.1, 0.15) is 62.4 Å². The molecule has 7 nitrogen and oxygen atoms in total. The van der Waals surface area contributed by atoms with E-state index in [1.165, 1.54) is 10.9 Å². The zero-order valence-electron chi connectivity index (χ0n) is 17.2. The first-order valence-electron chi connectivity index (χ1n) is 10.2. The Labute approximate surface area is 171 Å². The smallest absolute Gasteiger partial charge is 0.341 e. The summed E-state index contributed by atoms with van der Waals surface area (Å²) in [6, 6.07) is 6.83. The van der Waals surface area contributed by atoms with Crippen LogP contribution in [0, 0.1) is 11.8 Å². The SMILES string of the molecule is CC(C)N(c1nn(-c2ccc(CO)cc2)cc1C(=O)O)C(=O)[C@H]1CC[C@H](C)CC1. The number of anilines is 1. The molecule has 0 aliphatic heterocycles. The number of carbonyl (C=O) groups is 2. The number of carbonyl (C=O) groups excluding carboxylic acids is 1. The number of amides is 1. The predicted molar refractivity (Wildman–Crippen MR) is 110 cm³/mol. The van der Waals surface area contributed by atoms with Gasteiger partial charge in [0.25, 0.3) is 0 Å². The van der Waals surface area contributed by atoms with Gasteiger partial charge in [0.05, 0.1) is 12.3 Å². The maximum atomic E-state index is 13.3. The average molecular weight is 399 g/mol. The molecule has 1 saturated carbocycles. The number of aliphatic hydroxyl groups excluding tert-OH is 1. The van der Waals surface area contributed by atoms with Crippen molar-refractivity contribution in [1.82, 2.24) is 9.78 Å². The molecule has 0 bridgehead atoms. The fourth-order valence-corrected chi connectivity index (χ4v) is 3.89. The molecule has 1 heterocycles. The minimum atomic E-state index is -1.12. The molecule has 0 atom stereocenters. The van der Waals surface area contributed by atoms with E-state index in [4.69, 9.17) is 0 Å². The van der Waals surface area contributed by atoms with Gasteiger partial charge in [-0.15, -0.1) is 5.10 Å². The number of aromatic carboxylic acids is 1. The van der Waals surface area contributed by atoms with E-state index in [9.17, 15) is 19.8 Å². The van der Waals surface area contributed by atoms with E-state index in [-0.39, 0.29) is 35.9 Å². The number of hydrogen-bond donors (Lipinski definition) is 2. The third kappa shape index (κ3) is 4.50. The van der Waals surface area contributed by atoms with Crippen LogP contribution in [0.5, 0.6) is 0 Å². The number of hydrogen-bond acceptors (Lipinski definition) is 4. The Bertz CT molecular complexity index is 865. The largest absolute Gasteiger partial charge is 0.477 e. The second-order valence-electron chi connectivity index (χ2n) is 8.20. The van der Waals surface area contributed by atoms with Gasteiger partial charge < -0.3 is 10.2 Å². The molecule has 1 amide bonds. The van der Waals surface area contributed by atoms with Crippen molar-refractivity contribution in [1.29, 1.82) is 0 Å². The lowest BCUT2D eigenvalue weighted by Gasteiger charge is -2.32. The molecule has 2 aromatic rings. The van der Waals surface area contributed by atoms with Gasteiger partial charge in [-0.2, -0.15) is 0 Å². The molecule has 1 aliphatic rings. The fourth-order valence-electron chi connectivity index (χ4n) is 3.89. The molecule has 1 fully saturated rings. The Kier molecular flexibility index (Phi) is 6.37. The van der Waals surface area contributed by atoms with Crippen LogP contribution in [0.25, 0.3) is 5.69 Å². The normalized spacial score (nSPS) is 19.3. The average Bonchev–Trinajstić information content (AvgIpc) is 3.13. The van der Waals surface area contributed by atoms with Crippen LogP contribution in [-0.2, 0) is 11.4 Å². The second kappa shape index (κ2) is 8.78. The van der Waals surface area contributed by atoms with Crippen molar-refractivity contribution in [3.63, 3.8) is 0 Å². The molecule has 2 N–H and O–H groups in total. The molecule has 1 aliphatic carbocycles. The third-order valence-electron chi connectivity index (χ3n) is 5.66. The Hall–Kier alpha value is -2.67. The summed E-state index contributed by atoms with van der Waals surface area (Å²) in [5.41, 5.74) is 1.42. The summed E-state index contributed by atoms with van der Waals surface area (Å²) in [7, 11) is 0. The summed E-state index contributed by atoms with van der Waals surface area (Å²) in [5.74, 6) is -0.446. The van der Waals surface area contributed by atoms with Gasteiger partial charge in [0.2, 0.25) is 5.91 Å². The van der Waals surface area contributed by atoms with Crippen LogP contribution >= 0.6 is 0 Å². The first kappa shape index (κ1) is 21.0. The molecule has 3 rings (SSSR count). The van der Waals surface area contributed by atoms with E-state index in [2.05, 4.69) is 12.0 Å². The Morgan fingerprint density at radius 1 is 1.17 bits per heavy atom. The van der Waals surface area contributed by atoms with Crippen LogP contribution < -0.4 is 4.90 Å². The van der Waals surface area contributed by atoms with Crippen molar-refractivity contribution < 1.29 is 19.8 Å². The van der Waals surface area contributed by atoms with Crippen LogP contribution in [0.15, 0.2) is 30.5 Å². The fraction of sp³-hybridized carbons (Fsp3) is 0.500. The lowest BCUT2D eigenvalue weighted by molar-refractivity contribution is -0.123. The quantitative estimate of drug-likeness (QED) is 0.773. The van der Waals surface area contributed by atoms with Crippen molar-refractivity contribution in [2.24, 2.45) is 11.8 Å². The lowest BCUT2D eigenvalue weighted by atomic mass is 9.82. The summed E-state index contributed by atoms with van der Waals surface area (Å²) in [6.07, 6.45) is 5.13. The van der Waals surface area contributed by atoms with Crippen LogP contribution in [0.3, 0.4) is 0 Å². The van der Waals surface area contributed by atoms with Crippen molar-refractivity contribution in [2.45, 2.75) is 59.1 Å². The minimum absolute atomic E-state index is 0.00228. The van der Waals surface area contributed by atoms with Crippen LogP contribution in [0.4, 0.5) is 5.82 Å². The van der Waals surface area contributed by atoms with E-state index in [1.807, 2.05) is 13.8 Å². The molecule has 1 aromatic heterocycles. The first-order valence-corrected chi connectivity index (χ1v) is 10.2. The zero-order chi connectivity index (χ0) is 21.1. The standard InChI is InChI=1S/C22H29N3O4/c1-14(2)25(21(27)17-8-4-15(3)5-9-17)20-19(22(28)29)12-24(23-20)18-10-6-16(13-26)7-11-18/h6-7,10-12,14-15,17,26H,4-5,8-9,13H2,1-3H3,(H,28,29)/t15-,17-. The first-order chi connectivity index (χ1) is 13.8. The molecule has 156 valence electrons. The number of rotatable bonds is 6. The molecule has 0 saturated heterocycles. The highest BCUT2D eigenvalue weighted by Crippen LogP contribution is 2.32. The van der Waals surface area contributed by atoms with Gasteiger partial charge in [-0.1, -0.05) is 19.1 Å². The second-order valence-corrected chi connectivity index (χ2v) is 8.20. The third-order valence-corrected chi connectivity index (χ3v) is 5.66. The van der Waals surface area contributed by atoms with Gasteiger partial charge in [-0.05, 0) is 63.1 Å². The van der Waals surface area contributed by atoms with Gasteiger partial charge in [-0.3, -0.25) is 9.69 Å². The number of carboxylic acids is 1. The molecular formula is C22H29N3O4. The van der Waals surface area contributed by atoms with Crippen LogP contribution in [-0.4, -0.2) is 37.9 Å². The number of aromatic nitrogens is 2. The van der Waals surface area contributed by atoms with Crippen molar-refractivity contribution in [3.05, 3.63) is 41.6 Å². The van der Waals surface area contributed by atoms with Gasteiger partial charge >= 0.3 is 5.97 Å². The molecule has 1 aromatic carbocycles. The molecule has 0 radical (unpaired) electrons. The van der Waals surface area contributed by atoms with E-state index in [0.717, 1.165) is 31.2 Å². The zero-order valence-corrected chi connectivity index (χ0v) is 17.2. The number of aliphatic hydroxyl groups is 1. The molecular weight excluding hydrogens is 370 g/mol. The van der Waals surface area contributed by atoms with Gasteiger partial charge in [0, 0.05) is 18.2 Å². The Balaban J connectivity index is 1.97. The van der Waals surface area contributed by atoms with Crippen molar-refractivity contribution in [3.8, 4) is 5.69 Å².